The number of nitrogens with zero attached hydrogens (tertiary/aromatic N) is 1. The zero-order valence-electron chi connectivity index (χ0n) is 16.4. The van der Waals surface area contributed by atoms with Crippen LogP contribution in [0.1, 0.15) is 29.6 Å². The minimum atomic E-state index is -3.86. The molecule has 1 aliphatic carbocycles. The molecule has 2 aromatic carbocycles. The van der Waals surface area contributed by atoms with Gasteiger partial charge < -0.3 is 10.1 Å². The number of anilines is 1. The quantitative estimate of drug-likeness (QED) is 0.575. The van der Waals surface area contributed by atoms with Crippen molar-refractivity contribution >= 4 is 21.6 Å². The molecule has 0 radical (unpaired) electrons. The van der Waals surface area contributed by atoms with Gasteiger partial charge in [-0.15, -0.1) is 0 Å². The molecule has 1 saturated carbocycles. The van der Waals surface area contributed by atoms with Crippen molar-refractivity contribution in [3.05, 3.63) is 78.2 Å². The number of carbonyl (C=O) groups is 1. The summed E-state index contributed by atoms with van der Waals surface area (Å²) in [5.41, 5.74) is 0.789. The van der Waals surface area contributed by atoms with E-state index in [2.05, 4.69) is 15.0 Å². The van der Waals surface area contributed by atoms with Gasteiger partial charge in [0.1, 0.15) is 11.6 Å². The summed E-state index contributed by atoms with van der Waals surface area (Å²) in [4.78, 5) is 16.2. The van der Waals surface area contributed by atoms with Crippen LogP contribution in [0.15, 0.2) is 71.8 Å². The van der Waals surface area contributed by atoms with Gasteiger partial charge in [0.15, 0.2) is 0 Å². The van der Waals surface area contributed by atoms with Crippen molar-refractivity contribution in [1.29, 1.82) is 0 Å². The van der Waals surface area contributed by atoms with Gasteiger partial charge in [0.2, 0.25) is 5.88 Å². The lowest BCUT2D eigenvalue weighted by molar-refractivity contribution is 0.0917. The molecule has 1 amide bonds. The van der Waals surface area contributed by atoms with E-state index in [9.17, 15) is 17.6 Å². The number of hydrogen-bond donors (Lipinski definition) is 2. The molecule has 1 heterocycles. The van der Waals surface area contributed by atoms with Gasteiger partial charge in [0.05, 0.1) is 16.8 Å². The van der Waals surface area contributed by atoms with E-state index in [0.717, 1.165) is 31.4 Å². The molecule has 0 spiro atoms. The van der Waals surface area contributed by atoms with Crippen molar-refractivity contribution in [3.63, 3.8) is 0 Å². The predicted octanol–water partition coefficient (Wildman–Crippen LogP) is 4.10. The summed E-state index contributed by atoms with van der Waals surface area (Å²) in [6.45, 7) is 0. The monoisotopic (exact) mass is 441 g/mol. The standard InChI is InChI=1S/C22H20FN3O4S/c23-16-6-11-20(12-7-16)31(28,29)26-18-8-13-21(24-14-18)30-19-9-4-15(5-10-19)22(27)25-17-2-1-3-17/h4-14,17,26H,1-3H2,(H,25,27). The second-order valence-electron chi connectivity index (χ2n) is 7.17. The molecule has 0 bridgehead atoms. The maximum atomic E-state index is 13.0. The van der Waals surface area contributed by atoms with Crippen molar-refractivity contribution in [1.82, 2.24) is 10.3 Å². The van der Waals surface area contributed by atoms with Gasteiger partial charge in [-0.3, -0.25) is 9.52 Å². The maximum absolute atomic E-state index is 13.0. The van der Waals surface area contributed by atoms with E-state index in [0.29, 0.717) is 11.3 Å². The number of hydrogen-bond acceptors (Lipinski definition) is 5. The second kappa shape index (κ2) is 8.73. The van der Waals surface area contributed by atoms with Crippen molar-refractivity contribution in [3.8, 4) is 11.6 Å². The number of halogens is 1. The highest BCUT2D eigenvalue weighted by Crippen LogP contribution is 2.23. The number of benzene rings is 2. The van der Waals surface area contributed by atoms with Crippen molar-refractivity contribution in [2.24, 2.45) is 0 Å². The largest absolute Gasteiger partial charge is 0.439 e. The molecule has 0 atom stereocenters. The van der Waals surface area contributed by atoms with Gasteiger partial charge in [-0.1, -0.05) is 0 Å². The number of nitrogens with one attached hydrogen (secondary N) is 2. The predicted molar refractivity (Wildman–Crippen MR) is 113 cm³/mol. The van der Waals surface area contributed by atoms with Crippen LogP contribution < -0.4 is 14.8 Å². The van der Waals surface area contributed by atoms with Crippen molar-refractivity contribution < 1.29 is 22.3 Å². The SMILES string of the molecule is O=C(NC1CCC1)c1ccc(Oc2ccc(NS(=O)(=O)c3ccc(F)cc3)cn2)cc1. The third kappa shape index (κ3) is 5.18. The van der Waals surface area contributed by atoms with Gasteiger partial charge in [-0.25, -0.2) is 17.8 Å². The molecule has 31 heavy (non-hydrogen) atoms. The molecule has 7 nitrogen and oxygen atoms in total. The fourth-order valence-electron chi connectivity index (χ4n) is 2.95. The van der Waals surface area contributed by atoms with Crippen LogP contribution >= 0.6 is 0 Å². The van der Waals surface area contributed by atoms with E-state index in [1.807, 2.05) is 0 Å². The molecular formula is C22H20FN3O4S. The molecule has 4 rings (SSSR count). The summed E-state index contributed by atoms with van der Waals surface area (Å²) in [5.74, 6) is 0.130. The summed E-state index contributed by atoms with van der Waals surface area (Å²) in [5, 5.41) is 2.97. The Bertz CT molecular complexity index is 1160. The van der Waals surface area contributed by atoms with Crippen LogP contribution in [-0.2, 0) is 10.0 Å². The lowest BCUT2D eigenvalue weighted by atomic mass is 9.93. The number of aromatic nitrogens is 1. The Labute approximate surface area is 179 Å². The highest BCUT2D eigenvalue weighted by Gasteiger charge is 2.20. The molecule has 0 saturated heterocycles. The van der Waals surface area contributed by atoms with Crippen LogP contribution in [0.25, 0.3) is 0 Å². The molecule has 9 heteroatoms. The number of ether oxygens (including phenoxy) is 1. The van der Waals surface area contributed by atoms with Crippen molar-refractivity contribution in [2.45, 2.75) is 30.2 Å². The van der Waals surface area contributed by atoms with E-state index in [-0.39, 0.29) is 28.4 Å². The Morgan fingerprint density at radius 3 is 2.29 bits per heavy atom. The summed E-state index contributed by atoms with van der Waals surface area (Å²) < 4.78 is 45.7. The molecule has 160 valence electrons. The Kier molecular flexibility index (Phi) is 5.85. The molecule has 1 fully saturated rings. The fourth-order valence-corrected chi connectivity index (χ4v) is 3.99. The number of rotatable bonds is 7. The third-order valence-corrected chi connectivity index (χ3v) is 6.29. The van der Waals surface area contributed by atoms with Crippen LogP contribution in [0.4, 0.5) is 10.1 Å². The van der Waals surface area contributed by atoms with Gasteiger partial charge in [0.25, 0.3) is 15.9 Å². The topological polar surface area (TPSA) is 97.4 Å². The average molecular weight is 441 g/mol. The first-order valence-corrected chi connectivity index (χ1v) is 11.2. The van der Waals surface area contributed by atoms with Crippen LogP contribution in [0, 0.1) is 5.82 Å². The Hall–Kier alpha value is -3.46. The third-order valence-electron chi connectivity index (χ3n) is 4.89. The molecule has 0 aliphatic heterocycles. The molecule has 1 aromatic heterocycles. The first-order valence-electron chi connectivity index (χ1n) is 9.72. The summed E-state index contributed by atoms with van der Waals surface area (Å²) >= 11 is 0. The highest BCUT2D eigenvalue weighted by molar-refractivity contribution is 7.92. The number of pyridine rings is 1. The minimum Gasteiger partial charge on any atom is -0.439 e. The smallest absolute Gasteiger partial charge is 0.261 e. The lowest BCUT2D eigenvalue weighted by Crippen LogP contribution is -2.39. The summed E-state index contributed by atoms with van der Waals surface area (Å²) in [6.07, 6.45) is 4.51. The number of carbonyl (C=O) groups excluding carboxylic acids is 1. The highest BCUT2D eigenvalue weighted by atomic mass is 32.2. The fraction of sp³-hybridized carbons (Fsp3) is 0.182. The normalized spacial score (nSPS) is 13.8. The number of sulfonamides is 1. The minimum absolute atomic E-state index is 0.0596. The Morgan fingerprint density at radius 1 is 1.00 bits per heavy atom. The second-order valence-corrected chi connectivity index (χ2v) is 8.85. The first kappa shape index (κ1) is 20.8. The molecule has 0 unspecified atom stereocenters. The average Bonchev–Trinajstić information content (AvgIpc) is 2.73. The van der Waals surface area contributed by atoms with E-state index in [1.54, 1.807) is 24.3 Å². The van der Waals surface area contributed by atoms with E-state index in [1.165, 1.54) is 30.5 Å². The molecule has 1 aliphatic rings. The summed E-state index contributed by atoms with van der Waals surface area (Å²) in [6, 6.07) is 14.5. The van der Waals surface area contributed by atoms with Gasteiger partial charge >= 0.3 is 0 Å². The van der Waals surface area contributed by atoms with Crippen LogP contribution in [-0.4, -0.2) is 25.4 Å². The van der Waals surface area contributed by atoms with Crippen molar-refractivity contribution in [2.75, 3.05) is 4.72 Å². The summed E-state index contributed by atoms with van der Waals surface area (Å²) in [7, 11) is -3.86. The van der Waals surface area contributed by atoms with Gasteiger partial charge in [-0.05, 0) is 73.9 Å². The van der Waals surface area contributed by atoms with Crippen LogP contribution in [0.3, 0.4) is 0 Å². The molecule has 2 N–H and O–H groups in total. The zero-order valence-corrected chi connectivity index (χ0v) is 17.2. The van der Waals surface area contributed by atoms with Crippen LogP contribution in [0.5, 0.6) is 11.6 Å². The van der Waals surface area contributed by atoms with E-state index in [4.69, 9.17) is 4.74 Å². The van der Waals surface area contributed by atoms with Gasteiger partial charge in [-0.2, -0.15) is 0 Å². The lowest BCUT2D eigenvalue weighted by Gasteiger charge is -2.26. The molecular weight excluding hydrogens is 421 g/mol. The first-order chi connectivity index (χ1) is 14.9. The number of amides is 1. The van der Waals surface area contributed by atoms with E-state index >= 15 is 0 Å². The van der Waals surface area contributed by atoms with Gasteiger partial charge in [0, 0.05) is 17.7 Å². The van der Waals surface area contributed by atoms with Crippen LogP contribution in [0.2, 0.25) is 0 Å². The van der Waals surface area contributed by atoms with E-state index < -0.39 is 15.8 Å². The Balaban J connectivity index is 1.37. The maximum Gasteiger partial charge on any atom is 0.261 e. The Morgan fingerprint density at radius 2 is 1.71 bits per heavy atom. The molecule has 3 aromatic rings. The zero-order chi connectivity index (χ0) is 21.8.